The van der Waals surface area contributed by atoms with E-state index in [1.165, 1.54) is 35.9 Å². The number of nitrogens with zero attached hydrogens (tertiary/aromatic N) is 2. The molecule has 24 heavy (non-hydrogen) atoms. The van der Waals surface area contributed by atoms with Gasteiger partial charge >= 0.3 is 5.97 Å². The molecular formula is C15H22N4O3S2. The Hall–Kier alpha value is -1.19. The Labute approximate surface area is 149 Å². The van der Waals surface area contributed by atoms with Crippen LogP contribution >= 0.6 is 23.1 Å². The van der Waals surface area contributed by atoms with Gasteiger partial charge in [-0.2, -0.15) is 0 Å². The van der Waals surface area contributed by atoms with Crippen molar-refractivity contribution in [3.05, 3.63) is 0 Å². The number of carbonyl (C=O) groups is 2. The number of ether oxygens (including phenoxy) is 1. The Morgan fingerprint density at radius 2 is 2.08 bits per heavy atom. The molecule has 2 N–H and O–H groups in total. The SMILES string of the molecule is CCOC(=O)CSc1nnc(NC(=O)CC2CC3CCC(C2)N3)s1. The monoisotopic (exact) mass is 370 g/mol. The Morgan fingerprint density at radius 3 is 2.79 bits per heavy atom. The molecule has 2 fully saturated rings. The normalized spacial score (nSPS) is 25.5. The number of hydrogen-bond donors (Lipinski definition) is 2. The number of rotatable bonds is 7. The van der Waals surface area contributed by atoms with E-state index in [1.54, 1.807) is 6.92 Å². The molecule has 0 aliphatic carbocycles. The van der Waals surface area contributed by atoms with Gasteiger partial charge < -0.3 is 15.4 Å². The van der Waals surface area contributed by atoms with E-state index in [0.29, 0.717) is 40.5 Å². The molecule has 2 saturated heterocycles. The number of piperidine rings is 1. The molecule has 9 heteroatoms. The second kappa shape index (κ2) is 8.26. The number of anilines is 1. The predicted molar refractivity (Wildman–Crippen MR) is 93.2 cm³/mol. The molecule has 1 aromatic heterocycles. The first-order chi connectivity index (χ1) is 11.6. The van der Waals surface area contributed by atoms with Crippen LogP contribution in [0.15, 0.2) is 4.34 Å². The molecule has 0 saturated carbocycles. The molecule has 3 rings (SSSR count). The number of hydrogen-bond acceptors (Lipinski definition) is 8. The lowest BCUT2D eigenvalue weighted by molar-refractivity contribution is -0.139. The van der Waals surface area contributed by atoms with Crippen molar-refractivity contribution in [3.8, 4) is 0 Å². The van der Waals surface area contributed by atoms with Gasteiger partial charge in [0.1, 0.15) is 0 Å². The van der Waals surface area contributed by atoms with E-state index in [0.717, 1.165) is 12.8 Å². The molecule has 2 atom stereocenters. The largest absolute Gasteiger partial charge is 0.465 e. The minimum absolute atomic E-state index is 0.000562. The van der Waals surface area contributed by atoms with Gasteiger partial charge in [-0.3, -0.25) is 9.59 Å². The Kier molecular flexibility index (Phi) is 6.07. The van der Waals surface area contributed by atoms with Crippen LogP contribution in [0.3, 0.4) is 0 Å². The van der Waals surface area contributed by atoms with Crippen molar-refractivity contribution < 1.29 is 14.3 Å². The summed E-state index contributed by atoms with van der Waals surface area (Å²) in [6, 6.07) is 1.18. The van der Waals surface area contributed by atoms with Crippen LogP contribution in [-0.2, 0) is 14.3 Å². The zero-order chi connectivity index (χ0) is 16.9. The molecule has 1 amide bonds. The maximum Gasteiger partial charge on any atom is 0.316 e. The van der Waals surface area contributed by atoms with E-state index >= 15 is 0 Å². The van der Waals surface area contributed by atoms with Gasteiger partial charge in [-0.15, -0.1) is 10.2 Å². The van der Waals surface area contributed by atoms with Crippen LogP contribution in [0.1, 0.15) is 39.0 Å². The summed E-state index contributed by atoms with van der Waals surface area (Å²) in [5.74, 6) is 0.381. The molecule has 2 aliphatic heterocycles. The van der Waals surface area contributed by atoms with Crippen LogP contribution in [0.25, 0.3) is 0 Å². The number of amides is 1. The second-order valence-electron chi connectivity index (χ2n) is 6.19. The van der Waals surface area contributed by atoms with E-state index in [4.69, 9.17) is 4.74 Å². The number of esters is 1. The predicted octanol–water partition coefficient (Wildman–Crippen LogP) is 2.05. The average Bonchev–Trinajstić information content (AvgIpc) is 3.12. The lowest BCUT2D eigenvalue weighted by Crippen LogP contribution is -2.39. The van der Waals surface area contributed by atoms with Gasteiger partial charge in [0, 0.05) is 18.5 Å². The summed E-state index contributed by atoms with van der Waals surface area (Å²) in [5.41, 5.74) is 0. The summed E-state index contributed by atoms with van der Waals surface area (Å²) in [6.07, 6.45) is 5.18. The molecule has 132 valence electrons. The van der Waals surface area contributed by atoms with Gasteiger partial charge in [0.25, 0.3) is 0 Å². The standard InChI is InChI=1S/C15H22N4O3S2/c1-2-22-13(21)8-23-15-19-18-14(24-15)17-12(20)7-9-5-10-3-4-11(6-9)16-10/h9-11,16H,2-8H2,1H3,(H,17,18,20). The molecule has 0 spiro atoms. The number of carbonyl (C=O) groups excluding carboxylic acids is 2. The van der Waals surface area contributed by atoms with Crippen LogP contribution in [0.5, 0.6) is 0 Å². The zero-order valence-corrected chi connectivity index (χ0v) is 15.3. The van der Waals surface area contributed by atoms with Crippen molar-refractivity contribution in [1.82, 2.24) is 15.5 Å². The third kappa shape index (κ3) is 4.90. The van der Waals surface area contributed by atoms with E-state index < -0.39 is 0 Å². The molecular weight excluding hydrogens is 348 g/mol. The summed E-state index contributed by atoms with van der Waals surface area (Å²) >= 11 is 2.56. The Bertz CT molecular complexity index is 583. The van der Waals surface area contributed by atoms with Gasteiger partial charge in [0.05, 0.1) is 12.4 Å². The summed E-state index contributed by atoms with van der Waals surface area (Å²) in [4.78, 5) is 23.5. The fraction of sp³-hybridized carbons (Fsp3) is 0.733. The highest BCUT2D eigenvalue weighted by atomic mass is 32.2. The van der Waals surface area contributed by atoms with Crippen LogP contribution in [0.4, 0.5) is 5.13 Å². The fourth-order valence-electron chi connectivity index (χ4n) is 3.42. The molecule has 0 aromatic carbocycles. The van der Waals surface area contributed by atoms with Crippen LogP contribution in [0.2, 0.25) is 0 Å². The van der Waals surface area contributed by atoms with Crippen molar-refractivity contribution in [1.29, 1.82) is 0 Å². The molecule has 2 bridgehead atoms. The maximum atomic E-state index is 12.2. The minimum Gasteiger partial charge on any atom is -0.465 e. The summed E-state index contributed by atoms with van der Waals surface area (Å²) < 4.78 is 5.51. The van der Waals surface area contributed by atoms with Crippen LogP contribution in [-0.4, -0.2) is 46.5 Å². The van der Waals surface area contributed by atoms with E-state index in [1.807, 2.05) is 0 Å². The molecule has 0 radical (unpaired) electrons. The van der Waals surface area contributed by atoms with Gasteiger partial charge in [0.15, 0.2) is 4.34 Å². The van der Waals surface area contributed by atoms with Crippen molar-refractivity contribution in [2.45, 2.75) is 55.5 Å². The fourth-order valence-corrected chi connectivity index (χ4v) is 4.98. The third-order valence-electron chi connectivity index (χ3n) is 4.32. The van der Waals surface area contributed by atoms with E-state index in [-0.39, 0.29) is 17.6 Å². The smallest absolute Gasteiger partial charge is 0.316 e. The molecule has 3 heterocycles. The average molecular weight is 371 g/mol. The first-order valence-electron chi connectivity index (χ1n) is 8.30. The van der Waals surface area contributed by atoms with Gasteiger partial charge in [0.2, 0.25) is 11.0 Å². The van der Waals surface area contributed by atoms with Gasteiger partial charge in [-0.25, -0.2) is 0 Å². The first kappa shape index (κ1) is 17.6. The highest BCUT2D eigenvalue weighted by Crippen LogP contribution is 2.33. The molecule has 1 aromatic rings. The maximum absolute atomic E-state index is 12.2. The zero-order valence-electron chi connectivity index (χ0n) is 13.6. The van der Waals surface area contributed by atoms with Gasteiger partial charge in [-0.05, 0) is 38.5 Å². The number of nitrogens with one attached hydrogen (secondary N) is 2. The van der Waals surface area contributed by atoms with Crippen molar-refractivity contribution >= 4 is 40.1 Å². The number of fused-ring (bicyclic) bond motifs is 2. The minimum atomic E-state index is -0.274. The Balaban J connectivity index is 1.42. The van der Waals surface area contributed by atoms with Crippen molar-refractivity contribution in [2.75, 3.05) is 17.7 Å². The number of aromatic nitrogens is 2. The van der Waals surface area contributed by atoms with E-state index in [9.17, 15) is 9.59 Å². The third-order valence-corrected chi connectivity index (χ3v) is 6.26. The summed E-state index contributed by atoms with van der Waals surface area (Å²) in [6.45, 7) is 2.14. The van der Waals surface area contributed by atoms with Gasteiger partial charge in [-0.1, -0.05) is 23.1 Å². The molecule has 2 aliphatic rings. The molecule has 2 unspecified atom stereocenters. The first-order valence-corrected chi connectivity index (χ1v) is 10.1. The summed E-state index contributed by atoms with van der Waals surface area (Å²) in [5, 5.41) is 14.9. The van der Waals surface area contributed by atoms with E-state index in [2.05, 4.69) is 20.8 Å². The second-order valence-corrected chi connectivity index (χ2v) is 8.39. The van der Waals surface area contributed by atoms with Crippen molar-refractivity contribution in [3.63, 3.8) is 0 Å². The lowest BCUT2D eigenvalue weighted by atomic mass is 9.89. The number of thioether (sulfide) groups is 1. The lowest BCUT2D eigenvalue weighted by Gasteiger charge is -2.28. The highest BCUT2D eigenvalue weighted by Gasteiger charge is 2.34. The topological polar surface area (TPSA) is 93.2 Å². The molecule has 7 nitrogen and oxygen atoms in total. The highest BCUT2D eigenvalue weighted by molar-refractivity contribution is 8.01. The van der Waals surface area contributed by atoms with Crippen molar-refractivity contribution in [2.24, 2.45) is 5.92 Å². The summed E-state index contributed by atoms with van der Waals surface area (Å²) in [7, 11) is 0. The van der Waals surface area contributed by atoms with Crippen LogP contribution < -0.4 is 10.6 Å². The van der Waals surface area contributed by atoms with Crippen LogP contribution in [0, 0.1) is 5.92 Å². The quantitative estimate of drug-likeness (QED) is 0.431. The Morgan fingerprint density at radius 1 is 1.33 bits per heavy atom.